The largest absolute Gasteiger partial charge is 0.318 e. The molecule has 0 unspecified atom stereocenters. The summed E-state index contributed by atoms with van der Waals surface area (Å²) in [5.41, 5.74) is 2.88. The van der Waals surface area contributed by atoms with Crippen molar-refractivity contribution in [2.75, 3.05) is 27.2 Å². The maximum atomic E-state index is 13.2. The van der Waals surface area contributed by atoms with Gasteiger partial charge in [0, 0.05) is 31.1 Å². The number of nitrogens with zero attached hydrogens (tertiary/aromatic N) is 2. The summed E-state index contributed by atoms with van der Waals surface area (Å²) in [5.74, 6) is -0.238. The Balaban J connectivity index is 2.25. The summed E-state index contributed by atoms with van der Waals surface area (Å²) in [6.45, 7) is 4.73. The number of halogens is 1. The van der Waals surface area contributed by atoms with E-state index in [1.807, 2.05) is 7.05 Å². The number of benzene rings is 1. The molecule has 1 heterocycles. The van der Waals surface area contributed by atoms with E-state index in [2.05, 4.69) is 35.2 Å². The van der Waals surface area contributed by atoms with Crippen molar-refractivity contribution in [1.82, 2.24) is 15.2 Å². The van der Waals surface area contributed by atoms with Crippen molar-refractivity contribution < 1.29 is 4.39 Å². The monoisotopic (exact) mass is 261 g/mol. The molecule has 0 fully saturated rings. The van der Waals surface area contributed by atoms with Crippen LogP contribution < -0.4 is 5.32 Å². The number of rotatable bonds is 5. The summed E-state index contributed by atoms with van der Waals surface area (Å²) in [6.07, 6.45) is 0. The van der Waals surface area contributed by atoms with Crippen LogP contribution in [0.2, 0.25) is 0 Å². The molecule has 4 heteroatoms. The fraction of sp³-hybridized carbons (Fsp3) is 0.400. The van der Waals surface area contributed by atoms with Crippen molar-refractivity contribution in [3.8, 4) is 0 Å². The topological polar surface area (TPSA) is 28.2 Å². The molecule has 0 radical (unpaired) electrons. The first-order chi connectivity index (χ1) is 9.10. The first kappa shape index (κ1) is 13.9. The van der Waals surface area contributed by atoms with Crippen LogP contribution in [0.1, 0.15) is 11.3 Å². The third kappa shape index (κ3) is 3.49. The molecule has 102 valence electrons. The molecule has 2 rings (SSSR count). The Morgan fingerprint density at radius 3 is 2.84 bits per heavy atom. The summed E-state index contributed by atoms with van der Waals surface area (Å²) in [6, 6.07) is 6.82. The Bertz CT molecular complexity index is 569. The molecule has 0 aliphatic carbocycles. The number of hydrogen-bond acceptors (Lipinski definition) is 3. The van der Waals surface area contributed by atoms with Crippen LogP contribution in [0.4, 0.5) is 4.39 Å². The van der Waals surface area contributed by atoms with Crippen molar-refractivity contribution in [3.05, 3.63) is 41.3 Å². The van der Waals surface area contributed by atoms with Gasteiger partial charge in [-0.15, -0.1) is 0 Å². The van der Waals surface area contributed by atoms with E-state index in [0.29, 0.717) is 0 Å². The van der Waals surface area contributed by atoms with Gasteiger partial charge in [-0.1, -0.05) is 0 Å². The van der Waals surface area contributed by atoms with E-state index in [4.69, 9.17) is 0 Å². The van der Waals surface area contributed by atoms with Crippen LogP contribution in [0.3, 0.4) is 0 Å². The maximum absolute atomic E-state index is 13.2. The van der Waals surface area contributed by atoms with Crippen molar-refractivity contribution in [3.63, 3.8) is 0 Å². The molecule has 0 spiro atoms. The molecule has 0 atom stereocenters. The number of pyridine rings is 1. The van der Waals surface area contributed by atoms with Gasteiger partial charge in [0.1, 0.15) is 5.82 Å². The quantitative estimate of drug-likeness (QED) is 0.895. The Labute approximate surface area is 113 Å². The smallest absolute Gasteiger partial charge is 0.125 e. The van der Waals surface area contributed by atoms with E-state index in [1.54, 1.807) is 6.07 Å². The summed E-state index contributed by atoms with van der Waals surface area (Å²) >= 11 is 0. The summed E-state index contributed by atoms with van der Waals surface area (Å²) in [4.78, 5) is 6.79. The molecule has 1 aromatic heterocycles. The molecule has 1 N–H and O–H groups in total. The Morgan fingerprint density at radius 2 is 2.11 bits per heavy atom. The second-order valence-electron chi connectivity index (χ2n) is 4.93. The molecular weight excluding hydrogens is 241 g/mol. The van der Waals surface area contributed by atoms with Crippen molar-refractivity contribution >= 4 is 10.9 Å². The minimum atomic E-state index is -0.238. The van der Waals surface area contributed by atoms with Gasteiger partial charge in [0.2, 0.25) is 0 Å². The Hall–Kier alpha value is -1.52. The summed E-state index contributed by atoms with van der Waals surface area (Å²) < 4.78 is 13.2. The third-order valence-electron chi connectivity index (χ3n) is 3.24. The first-order valence-electron chi connectivity index (χ1n) is 6.49. The first-order valence-corrected chi connectivity index (χ1v) is 6.49. The second kappa shape index (κ2) is 6.08. The number of nitrogens with one attached hydrogen (secondary N) is 1. The third-order valence-corrected chi connectivity index (χ3v) is 3.24. The number of fused-ring (bicyclic) bond motifs is 1. The lowest BCUT2D eigenvalue weighted by atomic mass is 10.1. The van der Waals surface area contributed by atoms with Crippen LogP contribution >= 0.6 is 0 Å². The maximum Gasteiger partial charge on any atom is 0.125 e. The molecule has 3 nitrogen and oxygen atoms in total. The van der Waals surface area contributed by atoms with E-state index >= 15 is 0 Å². The molecule has 19 heavy (non-hydrogen) atoms. The fourth-order valence-corrected chi connectivity index (χ4v) is 2.08. The number of aromatic nitrogens is 1. The van der Waals surface area contributed by atoms with Gasteiger partial charge in [-0.2, -0.15) is 0 Å². The molecule has 0 aliphatic heterocycles. The van der Waals surface area contributed by atoms with Gasteiger partial charge in [0.15, 0.2) is 0 Å². The molecule has 2 aromatic rings. The lowest BCUT2D eigenvalue weighted by molar-refractivity contribution is 0.324. The van der Waals surface area contributed by atoms with E-state index in [-0.39, 0.29) is 5.82 Å². The molecule has 0 bridgehead atoms. The standard InChI is InChI=1S/C15H20FN3/c1-11-8-12-4-5-13(16)9-14(12)18-15(11)10-19(3)7-6-17-2/h4-5,8-9,17H,6-7,10H2,1-3H3. The van der Waals surface area contributed by atoms with Gasteiger partial charge in [-0.25, -0.2) is 4.39 Å². The Morgan fingerprint density at radius 1 is 1.32 bits per heavy atom. The van der Waals surface area contributed by atoms with Crippen molar-refractivity contribution in [2.24, 2.45) is 0 Å². The summed E-state index contributed by atoms with van der Waals surface area (Å²) in [7, 11) is 4.00. The van der Waals surface area contributed by atoms with Crippen molar-refractivity contribution in [1.29, 1.82) is 0 Å². The fourth-order valence-electron chi connectivity index (χ4n) is 2.08. The minimum absolute atomic E-state index is 0.238. The predicted octanol–water partition coefficient (Wildman–Crippen LogP) is 2.33. The average molecular weight is 261 g/mol. The number of hydrogen-bond donors (Lipinski definition) is 1. The van der Waals surface area contributed by atoms with Crippen LogP contribution in [-0.4, -0.2) is 37.1 Å². The lowest BCUT2D eigenvalue weighted by Crippen LogP contribution is -2.27. The molecule has 0 saturated heterocycles. The van der Waals surface area contributed by atoms with Crippen LogP contribution in [-0.2, 0) is 6.54 Å². The van der Waals surface area contributed by atoms with E-state index in [1.165, 1.54) is 12.1 Å². The second-order valence-corrected chi connectivity index (χ2v) is 4.93. The van der Waals surface area contributed by atoms with Crippen molar-refractivity contribution in [2.45, 2.75) is 13.5 Å². The van der Waals surface area contributed by atoms with Gasteiger partial charge < -0.3 is 5.32 Å². The molecule has 0 saturated carbocycles. The zero-order chi connectivity index (χ0) is 13.8. The highest BCUT2D eigenvalue weighted by atomic mass is 19.1. The van der Waals surface area contributed by atoms with Gasteiger partial charge in [-0.3, -0.25) is 9.88 Å². The molecule has 1 aromatic carbocycles. The zero-order valence-electron chi connectivity index (χ0n) is 11.7. The van der Waals surface area contributed by atoms with E-state index < -0.39 is 0 Å². The van der Waals surface area contributed by atoms with Gasteiger partial charge in [0.25, 0.3) is 0 Å². The SMILES string of the molecule is CNCCN(C)Cc1nc2cc(F)ccc2cc1C. The van der Waals surface area contributed by atoms with E-state index in [9.17, 15) is 4.39 Å². The van der Waals surface area contributed by atoms with Crippen LogP contribution in [0.25, 0.3) is 10.9 Å². The molecule has 0 amide bonds. The highest BCUT2D eigenvalue weighted by molar-refractivity contribution is 5.79. The van der Waals surface area contributed by atoms with Crippen LogP contribution in [0.15, 0.2) is 24.3 Å². The van der Waals surface area contributed by atoms with Gasteiger partial charge in [0.05, 0.1) is 11.2 Å². The zero-order valence-corrected chi connectivity index (χ0v) is 11.7. The number of likely N-dealkylation sites (N-methyl/N-ethyl adjacent to an activating group) is 2. The highest BCUT2D eigenvalue weighted by Gasteiger charge is 2.07. The normalized spacial score (nSPS) is 11.4. The highest BCUT2D eigenvalue weighted by Crippen LogP contribution is 2.18. The minimum Gasteiger partial charge on any atom is -0.318 e. The molecular formula is C15H20FN3. The van der Waals surface area contributed by atoms with Gasteiger partial charge in [-0.05, 0) is 44.8 Å². The summed E-state index contributed by atoms with van der Waals surface area (Å²) in [5, 5.41) is 4.11. The average Bonchev–Trinajstić information content (AvgIpc) is 2.38. The lowest BCUT2D eigenvalue weighted by Gasteiger charge is -2.17. The number of aryl methyl sites for hydroxylation is 1. The van der Waals surface area contributed by atoms with Crippen LogP contribution in [0, 0.1) is 12.7 Å². The van der Waals surface area contributed by atoms with Gasteiger partial charge >= 0.3 is 0 Å². The predicted molar refractivity (Wildman–Crippen MR) is 76.7 cm³/mol. The Kier molecular flexibility index (Phi) is 4.45. The van der Waals surface area contributed by atoms with E-state index in [0.717, 1.165) is 41.8 Å². The van der Waals surface area contributed by atoms with Crippen LogP contribution in [0.5, 0.6) is 0 Å². The molecule has 0 aliphatic rings.